The Morgan fingerprint density at radius 1 is 0.646 bits per heavy atom. The number of hydrogen-bond acceptors (Lipinski definition) is 10. The summed E-state index contributed by atoms with van der Waals surface area (Å²) in [6.07, 6.45) is 6.97. The molecule has 0 fully saturated rings. The molecule has 12 heteroatoms. The molecule has 0 aliphatic carbocycles. The second kappa shape index (κ2) is 13.0. The molecule has 0 atom stereocenters. The van der Waals surface area contributed by atoms with Gasteiger partial charge >= 0.3 is 0 Å². The van der Waals surface area contributed by atoms with Crippen LogP contribution in [0.25, 0.3) is 56.0 Å². The molecule has 6 aromatic heterocycles. The van der Waals surface area contributed by atoms with Crippen LogP contribution in [0.4, 0.5) is 0 Å². The van der Waals surface area contributed by atoms with Crippen LogP contribution >= 0.6 is 0 Å². The molecule has 0 bridgehead atoms. The standard InChI is InChI=1S/C18H16N6.C18H12N6/c2*1-12-3-2-4-18(22-12)24-16-9-13(5-6-14(16)11-21-24)15-7-8-20-17(10-19)23-15/h2-9,11H,10,19H2,1H3;2-9,11H,1H3. The second-order valence-corrected chi connectivity index (χ2v) is 10.9. The van der Waals surface area contributed by atoms with Gasteiger partial charge in [0.15, 0.2) is 11.6 Å². The SMILES string of the molecule is Cc1cccc(-n2ncc3ccc(-c4ccnc(C#N)n4)cc32)n1.Cc1cccc(-n2ncc3ccc(-c4ccnc(CN)n4)cc32)n1. The van der Waals surface area contributed by atoms with Crippen molar-refractivity contribution in [1.82, 2.24) is 49.5 Å². The number of nitriles is 1. The average Bonchev–Trinajstić information content (AvgIpc) is 3.76. The van der Waals surface area contributed by atoms with E-state index >= 15 is 0 Å². The molecule has 232 valence electrons. The van der Waals surface area contributed by atoms with E-state index in [1.165, 1.54) is 0 Å². The minimum atomic E-state index is 0.154. The van der Waals surface area contributed by atoms with E-state index in [-0.39, 0.29) is 5.82 Å². The number of rotatable bonds is 5. The second-order valence-electron chi connectivity index (χ2n) is 10.9. The molecule has 8 rings (SSSR count). The fourth-order valence-electron chi connectivity index (χ4n) is 5.25. The van der Waals surface area contributed by atoms with E-state index < -0.39 is 0 Å². The normalized spacial score (nSPS) is 10.9. The van der Waals surface area contributed by atoms with Gasteiger partial charge in [-0.2, -0.15) is 15.5 Å². The van der Waals surface area contributed by atoms with Crippen LogP contribution in [0.15, 0.2) is 110 Å². The Kier molecular flexibility index (Phi) is 8.09. The van der Waals surface area contributed by atoms with Crippen molar-refractivity contribution in [2.75, 3.05) is 0 Å². The molecule has 6 heterocycles. The highest BCUT2D eigenvalue weighted by Crippen LogP contribution is 2.26. The largest absolute Gasteiger partial charge is 0.324 e. The summed E-state index contributed by atoms with van der Waals surface area (Å²) >= 11 is 0. The first-order chi connectivity index (χ1) is 23.5. The summed E-state index contributed by atoms with van der Waals surface area (Å²) in [4.78, 5) is 25.9. The van der Waals surface area contributed by atoms with Crippen LogP contribution in [0.3, 0.4) is 0 Å². The number of nitrogens with zero attached hydrogens (tertiary/aromatic N) is 11. The smallest absolute Gasteiger partial charge is 0.232 e. The number of aromatic nitrogens is 10. The third-order valence-electron chi connectivity index (χ3n) is 7.56. The lowest BCUT2D eigenvalue weighted by Crippen LogP contribution is -2.03. The van der Waals surface area contributed by atoms with Gasteiger partial charge in [0.25, 0.3) is 0 Å². The summed E-state index contributed by atoms with van der Waals surface area (Å²) in [5.74, 6) is 2.35. The molecule has 0 aliphatic heterocycles. The molecule has 0 radical (unpaired) electrons. The van der Waals surface area contributed by atoms with Crippen molar-refractivity contribution in [2.45, 2.75) is 20.4 Å². The Bertz CT molecular complexity index is 2450. The third kappa shape index (κ3) is 6.09. The quantitative estimate of drug-likeness (QED) is 0.250. The molecule has 0 saturated heterocycles. The van der Waals surface area contributed by atoms with Gasteiger partial charge in [0.1, 0.15) is 11.9 Å². The van der Waals surface area contributed by atoms with Gasteiger partial charge in [-0.25, -0.2) is 39.3 Å². The predicted octanol–water partition coefficient (Wildman–Crippen LogP) is 5.70. The van der Waals surface area contributed by atoms with E-state index in [0.29, 0.717) is 18.1 Å². The molecule has 0 unspecified atom stereocenters. The van der Waals surface area contributed by atoms with Gasteiger partial charge in [0.05, 0.1) is 41.4 Å². The topological polar surface area (TPSA) is 163 Å². The van der Waals surface area contributed by atoms with Gasteiger partial charge in [-0.15, -0.1) is 0 Å². The van der Waals surface area contributed by atoms with Gasteiger partial charge in [0, 0.05) is 45.7 Å². The zero-order valence-corrected chi connectivity index (χ0v) is 26.1. The van der Waals surface area contributed by atoms with Crippen LogP contribution in [-0.2, 0) is 6.54 Å². The highest BCUT2D eigenvalue weighted by Gasteiger charge is 2.11. The zero-order valence-electron chi connectivity index (χ0n) is 26.1. The molecule has 0 saturated carbocycles. The summed E-state index contributed by atoms with van der Waals surface area (Å²) in [6.45, 7) is 4.24. The molecule has 12 nitrogen and oxygen atoms in total. The van der Waals surface area contributed by atoms with E-state index in [9.17, 15) is 0 Å². The van der Waals surface area contributed by atoms with Crippen molar-refractivity contribution >= 4 is 21.8 Å². The number of hydrogen-bond donors (Lipinski definition) is 1. The number of nitrogens with two attached hydrogens (primary N) is 1. The summed E-state index contributed by atoms with van der Waals surface area (Å²) in [6, 6.07) is 29.4. The van der Waals surface area contributed by atoms with Crippen LogP contribution in [0.1, 0.15) is 23.0 Å². The van der Waals surface area contributed by atoms with E-state index in [1.807, 2.05) is 110 Å². The molecular weight excluding hydrogens is 600 g/mol. The van der Waals surface area contributed by atoms with Crippen LogP contribution in [0.2, 0.25) is 0 Å². The third-order valence-corrected chi connectivity index (χ3v) is 7.56. The molecule has 48 heavy (non-hydrogen) atoms. The Labute approximate surface area is 275 Å². The maximum Gasteiger partial charge on any atom is 0.232 e. The predicted molar refractivity (Wildman–Crippen MR) is 182 cm³/mol. The fraction of sp³-hybridized carbons (Fsp3) is 0.0833. The molecule has 0 amide bonds. The highest BCUT2D eigenvalue weighted by atomic mass is 15.3. The van der Waals surface area contributed by atoms with E-state index in [4.69, 9.17) is 11.0 Å². The fourth-order valence-corrected chi connectivity index (χ4v) is 5.25. The van der Waals surface area contributed by atoms with Gasteiger partial charge in [0.2, 0.25) is 5.82 Å². The lowest BCUT2D eigenvalue weighted by Gasteiger charge is -2.06. The Hall–Kier alpha value is -6.71. The minimum absolute atomic E-state index is 0.154. The van der Waals surface area contributed by atoms with Crippen molar-refractivity contribution in [3.63, 3.8) is 0 Å². The van der Waals surface area contributed by atoms with E-state index in [0.717, 1.165) is 61.7 Å². The van der Waals surface area contributed by atoms with E-state index in [2.05, 4.69) is 46.2 Å². The monoisotopic (exact) mass is 628 g/mol. The number of aryl methyl sites for hydroxylation is 2. The first kappa shape index (κ1) is 30.0. The first-order valence-electron chi connectivity index (χ1n) is 15.1. The lowest BCUT2D eigenvalue weighted by molar-refractivity contribution is 0.867. The van der Waals surface area contributed by atoms with Gasteiger partial charge in [-0.05, 0) is 62.4 Å². The Morgan fingerprint density at radius 3 is 1.71 bits per heavy atom. The Balaban J connectivity index is 0.000000152. The molecule has 2 N–H and O–H groups in total. The van der Waals surface area contributed by atoms with Crippen molar-refractivity contribution in [1.29, 1.82) is 5.26 Å². The number of pyridine rings is 2. The molecule has 2 aromatic carbocycles. The zero-order chi connectivity index (χ0) is 33.0. The summed E-state index contributed by atoms with van der Waals surface area (Å²) in [5, 5.41) is 20.0. The van der Waals surface area contributed by atoms with Crippen LogP contribution in [0, 0.1) is 25.2 Å². The summed E-state index contributed by atoms with van der Waals surface area (Å²) in [5.41, 5.74) is 12.9. The molecule has 8 aromatic rings. The number of benzene rings is 2. The van der Waals surface area contributed by atoms with Crippen molar-refractivity contribution in [3.8, 4) is 40.2 Å². The van der Waals surface area contributed by atoms with E-state index in [1.54, 1.807) is 23.1 Å². The maximum absolute atomic E-state index is 8.97. The van der Waals surface area contributed by atoms with Crippen molar-refractivity contribution in [3.05, 3.63) is 133 Å². The first-order valence-corrected chi connectivity index (χ1v) is 15.1. The van der Waals surface area contributed by atoms with Crippen LogP contribution in [-0.4, -0.2) is 49.5 Å². The minimum Gasteiger partial charge on any atom is -0.324 e. The highest BCUT2D eigenvalue weighted by molar-refractivity contribution is 5.85. The van der Waals surface area contributed by atoms with Crippen molar-refractivity contribution in [2.24, 2.45) is 5.73 Å². The number of fused-ring (bicyclic) bond motifs is 2. The summed E-state index contributed by atoms with van der Waals surface area (Å²) in [7, 11) is 0. The average molecular weight is 629 g/mol. The maximum atomic E-state index is 8.97. The molecular formula is C36H28N12. The van der Waals surface area contributed by atoms with Gasteiger partial charge < -0.3 is 5.73 Å². The Morgan fingerprint density at radius 2 is 1.19 bits per heavy atom. The van der Waals surface area contributed by atoms with Crippen molar-refractivity contribution < 1.29 is 0 Å². The molecule has 0 spiro atoms. The van der Waals surface area contributed by atoms with Crippen LogP contribution < -0.4 is 5.73 Å². The lowest BCUT2D eigenvalue weighted by atomic mass is 10.1. The summed E-state index contributed by atoms with van der Waals surface area (Å²) < 4.78 is 3.65. The molecule has 0 aliphatic rings. The van der Waals surface area contributed by atoms with Crippen LogP contribution in [0.5, 0.6) is 0 Å². The van der Waals surface area contributed by atoms with Gasteiger partial charge in [-0.3, -0.25) is 0 Å². The van der Waals surface area contributed by atoms with Gasteiger partial charge in [-0.1, -0.05) is 36.4 Å².